The molecule has 0 aromatic heterocycles. The molecule has 1 saturated carbocycles. The van der Waals surface area contributed by atoms with E-state index < -0.39 is 10.0 Å². The first-order valence-corrected chi connectivity index (χ1v) is 8.80. The summed E-state index contributed by atoms with van der Waals surface area (Å²) in [7, 11) is -3.43. The molecule has 4 heteroatoms. The molecule has 2 atom stereocenters. The summed E-state index contributed by atoms with van der Waals surface area (Å²) >= 11 is 0. The van der Waals surface area contributed by atoms with Gasteiger partial charge in [0, 0.05) is 6.04 Å². The third-order valence-corrected chi connectivity index (χ3v) is 5.96. The van der Waals surface area contributed by atoms with Crippen LogP contribution >= 0.6 is 0 Å². The molecule has 0 spiro atoms. The van der Waals surface area contributed by atoms with Gasteiger partial charge in [-0.1, -0.05) is 44.9 Å². The lowest BCUT2D eigenvalue weighted by atomic mass is 9.69. The molecule has 1 aliphatic carbocycles. The van der Waals surface area contributed by atoms with Gasteiger partial charge in [0.1, 0.15) is 0 Å². The summed E-state index contributed by atoms with van der Waals surface area (Å²) in [6.07, 6.45) is 3.33. The Kier molecular flexibility index (Phi) is 4.26. The summed E-state index contributed by atoms with van der Waals surface area (Å²) in [5, 5.41) is 0. The second-order valence-electron chi connectivity index (χ2n) is 6.77. The predicted molar refractivity (Wildman–Crippen MR) is 82.1 cm³/mol. The highest BCUT2D eigenvalue weighted by Crippen LogP contribution is 2.39. The standard InChI is InChI=1S/C16H25NO2S/c1-12-7-9-14(10-8-12)20(18,19)17-15-13(2)6-5-11-16(15,3)4/h7-10,13,15,17H,5-6,11H2,1-4H3. The molecule has 0 heterocycles. The van der Waals surface area contributed by atoms with E-state index in [0.29, 0.717) is 10.8 Å². The van der Waals surface area contributed by atoms with E-state index in [0.717, 1.165) is 18.4 Å². The Labute approximate surface area is 122 Å². The van der Waals surface area contributed by atoms with Gasteiger partial charge in [-0.3, -0.25) is 0 Å². The molecule has 1 aromatic carbocycles. The molecule has 1 aliphatic rings. The van der Waals surface area contributed by atoms with Gasteiger partial charge in [0.25, 0.3) is 0 Å². The minimum atomic E-state index is -3.43. The fourth-order valence-corrected chi connectivity index (χ4v) is 4.72. The lowest BCUT2D eigenvalue weighted by Crippen LogP contribution is -2.50. The maximum atomic E-state index is 12.5. The topological polar surface area (TPSA) is 46.2 Å². The third-order valence-electron chi connectivity index (χ3n) is 4.50. The number of aryl methyl sites for hydroxylation is 1. The Morgan fingerprint density at radius 1 is 1.20 bits per heavy atom. The van der Waals surface area contributed by atoms with Crippen molar-refractivity contribution in [3.63, 3.8) is 0 Å². The highest BCUT2D eigenvalue weighted by molar-refractivity contribution is 7.89. The van der Waals surface area contributed by atoms with Crippen LogP contribution in [0.25, 0.3) is 0 Å². The van der Waals surface area contributed by atoms with E-state index in [1.54, 1.807) is 12.1 Å². The van der Waals surface area contributed by atoms with E-state index in [-0.39, 0.29) is 11.5 Å². The Balaban J connectivity index is 2.25. The maximum Gasteiger partial charge on any atom is 0.240 e. The first kappa shape index (κ1) is 15.5. The van der Waals surface area contributed by atoms with Crippen molar-refractivity contribution < 1.29 is 8.42 Å². The van der Waals surface area contributed by atoms with Gasteiger partial charge in [-0.15, -0.1) is 0 Å². The number of sulfonamides is 1. The number of hydrogen-bond donors (Lipinski definition) is 1. The SMILES string of the molecule is Cc1ccc(S(=O)(=O)NC2C(C)CCCC2(C)C)cc1. The molecule has 1 N–H and O–H groups in total. The molecule has 2 unspecified atom stereocenters. The molecular weight excluding hydrogens is 270 g/mol. The van der Waals surface area contributed by atoms with Gasteiger partial charge in [-0.05, 0) is 43.2 Å². The molecule has 112 valence electrons. The Morgan fingerprint density at radius 3 is 2.35 bits per heavy atom. The van der Waals surface area contributed by atoms with Crippen LogP contribution in [0.4, 0.5) is 0 Å². The van der Waals surface area contributed by atoms with Crippen molar-refractivity contribution >= 4 is 10.0 Å². The minimum absolute atomic E-state index is 0.00236. The van der Waals surface area contributed by atoms with E-state index in [9.17, 15) is 8.42 Å². The molecule has 0 saturated heterocycles. The normalized spacial score (nSPS) is 26.4. The number of rotatable bonds is 3. The molecule has 2 rings (SSSR count). The predicted octanol–water partition coefficient (Wildman–Crippen LogP) is 3.49. The van der Waals surface area contributed by atoms with Crippen LogP contribution in [0.5, 0.6) is 0 Å². The average molecular weight is 295 g/mol. The highest BCUT2D eigenvalue weighted by Gasteiger charge is 2.39. The van der Waals surface area contributed by atoms with Gasteiger partial charge in [0.2, 0.25) is 10.0 Å². The van der Waals surface area contributed by atoms with Gasteiger partial charge in [0.05, 0.1) is 4.90 Å². The van der Waals surface area contributed by atoms with Gasteiger partial charge in [0.15, 0.2) is 0 Å². The summed E-state index contributed by atoms with van der Waals surface area (Å²) in [5.74, 6) is 0.374. The van der Waals surface area contributed by atoms with E-state index in [2.05, 4.69) is 25.5 Å². The van der Waals surface area contributed by atoms with Crippen LogP contribution in [0.1, 0.15) is 45.6 Å². The largest absolute Gasteiger partial charge is 0.240 e. The monoisotopic (exact) mass is 295 g/mol. The fraction of sp³-hybridized carbons (Fsp3) is 0.625. The zero-order valence-corrected chi connectivity index (χ0v) is 13.6. The average Bonchev–Trinajstić information content (AvgIpc) is 2.34. The molecule has 0 bridgehead atoms. The molecule has 0 aliphatic heterocycles. The molecule has 20 heavy (non-hydrogen) atoms. The molecular formula is C16H25NO2S. The summed E-state index contributed by atoms with van der Waals surface area (Å²) in [5.41, 5.74) is 1.07. The summed E-state index contributed by atoms with van der Waals surface area (Å²) in [4.78, 5) is 0.358. The first-order valence-electron chi connectivity index (χ1n) is 7.31. The summed E-state index contributed by atoms with van der Waals surface area (Å²) in [6, 6.07) is 7.03. The molecule has 1 aromatic rings. The first-order chi connectivity index (χ1) is 9.22. The van der Waals surface area contributed by atoms with Crippen molar-refractivity contribution in [3.05, 3.63) is 29.8 Å². The zero-order valence-electron chi connectivity index (χ0n) is 12.8. The quantitative estimate of drug-likeness (QED) is 0.928. The van der Waals surface area contributed by atoms with Crippen molar-refractivity contribution in [2.75, 3.05) is 0 Å². The molecule has 0 amide bonds. The second kappa shape index (κ2) is 5.49. The van der Waals surface area contributed by atoms with Crippen LogP contribution in [0.3, 0.4) is 0 Å². The van der Waals surface area contributed by atoms with E-state index >= 15 is 0 Å². The lowest BCUT2D eigenvalue weighted by molar-refractivity contribution is 0.136. The van der Waals surface area contributed by atoms with Crippen molar-refractivity contribution in [1.29, 1.82) is 0 Å². The summed E-state index contributed by atoms with van der Waals surface area (Å²) in [6.45, 7) is 8.41. The fourth-order valence-electron chi connectivity index (χ4n) is 3.20. The van der Waals surface area contributed by atoms with Crippen LogP contribution in [0, 0.1) is 18.3 Å². The maximum absolute atomic E-state index is 12.5. The smallest absolute Gasteiger partial charge is 0.207 e. The second-order valence-corrected chi connectivity index (χ2v) is 8.48. The van der Waals surface area contributed by atoms with Crippen molar-refractivity contribution in [1.82, 2.24) is 4.72 Å². The number of hydrogen-bond acceptors (Lipinski definition) is 2. The minimum Gasteiger partial charge on any atom is -0.207 e. The van der Waals surface area contributed by atoms with Crippen LogP contribution in [-0.2, 0) is 10.0 Å². The van der Waals surface area contributed by atoms with E-state index in [4.69, 9.17) is 0 Å². The van der Waals surface area contributed by atoms with Crippen LogP contribution in [0.2, 0.25) is 0 Å². The van der Waals surface area contributed by atoms with Gasteiger partial charge in [-0.25, -0.2) is 13.1 Å². The van der Waals surface area contributed by atoms with Crippen molar-refractivity contribution in [3.8, 4) is 0 Å². The lowest BCUT2D eigenvalue weighted by Gasteiger charge is -2.43. The molecule has 0 radical (unpaired) electrons. The van der Waals surface area contributed by atoms with Crippen LogP contribution in [0.15, 0.2) is 29.2 Å². The van der Waals surface area contributed by atoms with Gasteiger partial charge < -0.3 is 0 Å². The van der Waals surface area contributed by atoms with Crippen LogP contribution in [-0.4, -0.2) is 14.5 Å². The van der Waals surface area contributed by atoms with Gasteiger partial charge >= 0.3 is 0 Å². The summed E-state index contributed by atoms with van der Waals surface area (Å²) < 4.78 is 28.0. The van der Waals surface area contributed by atoms with Crippen molar-refractivity contribution in [2.45, 2.75) is 57.9 Å². The van der Waals surface area contributed by atoms with Crippen LogP contribution < -0.4 is 4.72 Å². The van der Waals surface area contributed by atoms with Crippen molar-refractivity contribution in [2.24, 2.45) is 11.3 Å². The molecule has 1 fully saturated rings. The Morgan fingerprint density at radius 2 is 1.80 bits per heavy atom. The highest BCUT2D eigenvalue weighted by atomic mass is 32.2. The number of nitrogens with one attached hydrogen (secondary N) is 1. The number of benzene rings is 1. The molecule has 3 nitrogen and oxygen atoms in total. The zero-order chi connectivity index (χ0) is 15.0. The third kappa shape index (κ3) is 3.23. The van der Waals surface area contributed by atoms with Gasteiger partial charge in [-0.2, -0.15) is 0 Å². The van der Waals surface area contributed by atoms with E-state index in [1.165, 1.54) is 6.42 Å². The Bertz CT molecular complexity index is 561. The van der Waals surface area contributed by atoms with E-state index in [1.807, 2.05) is 19.1 Å². The Hall–Kier alpha value is -0.870.